The molecule has 0 aromatic heterocycles. The molecule has 0 radical (unpaired) electrons. The van der Waals surface area contributed by atoms with Crippen molar-refractivity contribution in [2.24, 2.45) is 22.2 Å². The Labute approximate surface area is 167 Å². The smallest absolute Gasteiger partial charge is 0.191 e. The van der Waals surface area contributed by atoms with Gasteiger partial charge >= 0.3 is 0 Å². The first-order valence-electron chi connectivity index (χ1n) is 11.2. The number of hydrogen-bond donors (Lipinski definition) is 2. The fraction of sp³-hybridized carbons (Fsp3) is 0.955. The SMILES string of the molecule is CCNC(=NCC1CCCOC1C(C)(C)C)NC1CCN(CC(C)C)CC1. The molecule has 158 valence electrons. The van der Waals surface area contributed by atoms with Crippen molar-refractivity contribution in [3.63, 3.8) is 0 Å². The Bertz CT molecular complexity index is 450. The number of piperidine rings is 1. The molecule has 0 saturated carbocycles. The van der Waals surface area contributed by atoms with Crippen LogP contribution in [-0.4, -0.2) is 62.3 Å². The molecule has 2 unspecified atom stereocenters. The molecule has 27 heavy (non-hydrogen) atoms. The summed E-state index contributed by atoms with van der Waals surface area (Å²) >= 11 is 0. The zero-order chi connectivity index (χ0) is 19.9. The van der Waals surface area contributed by atoms with E-state index in [0.717, 1.165) is 38.0 Å². The van der Waals surface area contributed by atoms with Gasteiger partial charge in [-0.25, -0.2) is 0 Å². The number of guanidine groups is 1. The van der Waals surface area contributed by atoms with E-state index in [0.29, 0.717) is 18.1 Å². The molecule has 2 saturated heterocycles. The Morgan fingerprint density at radius 2 is 1.89 bits per heavy atom. The van der Waals surface area contributed by atoms with Gasteiger partial charge in [-0.3, -0.25) is 4.99 Å². The maximum absolute atomic E-state index is 6.13. The molecule has 5 nitrogen and oxygen atoms in total. The minimum atomic E-state index is 0.176. The molecular formula is C22H44N4O. The molecule has 0 aliphatic carbocycles. The van der Waals surface area contributed by atoms with Gasteiger partial charge in [-0.1, -0.05) is 34.6 Å². The van der Waals surface area contributed by atoms with E-state index >= 15 is 0 Å². The quantitative estimate of drug-likeness (QED) is 0.547. The number of nitrogens with one attached hydrogen (secondary N) is 2. The van der Waals surface area contributed by atoms with Crippen LogP contribution in [0.5, 0.6) is 0 Å². The van der Waals surface area contributed by atoms with Crippen LogP contribution in [0.1, 0.15) is 67.2 Å². The average molecular weight is 381 g/mol. The lowest BCUT2D eigenvalue weighted by Gasteiger charge is -2.39. The first-order chi connectivity index (χ1) is 12.8. The van der Waals surface area contributed by atoms with Gasteiger partial charge in [-0.05, 0) is 43.9 Å². The van der Waals surface area contributed by atoms with Gasteiger partial charge in [-0.15, -0.1) is 0 Å². The van der Waals surface area contributed by atoms with Crippen molar-refractivity contribution in [1.29, 1.82) is 0 Å². The zero-order valence-electron chi connectivity index (χ0n) is 18.7. The van der Waals surface area contributed by atoms with Crippen LogP contribution in [-0.2, 0) is 4.74 Å². The zero-order valence-corrected chi connectivity index (χ0v) is 18.7. The van der Waals surface area contributed by atoms with Crippen molar-refractivity contribution in [3.05, 3.63) is 0 Å². The fourth-order valence-electron chi connectivity index (χ4n) is 4.49. The van der Waals surface area contributed by atoms with Crippen molar-refractivity contribution in [2.75, 3.05) is 39.3 Å². The minimum absolute atomic E-state index is 0.176. The second-order valence-corrected chi connectivity index (χ2v) is 9.89. The minimum Gasteiger partial charge on any atom is -0.377 e. The van der Waals surface area contributed by atoms with Gasteiger partial charge in [0.25, 0.3) is 0 Å². The Morgan fingerprint density at radius 3 is 2.48 bits per heavy atom. The summed E-state index contributed by atoms with van der Waals surface area (Å²) < 4.78 is 6.13. The van der Waals surface area contributed by atoms with Crippen LogP contribution in [0.25, 0.3) is 0 Å². The van der Waals surface area contributed by atoms with E-state index in [2.05, 4.69) is 57.1 Å². The van der Waals surface area contributed by atoms with E-state index in [9.17, 15) is 0 Å². The summed E-state index contributed by atoms with van der Waals surface area (Å²) in [6, 6.07) is 0.534. The highest BCUT2D eigenvalue weighted by atomic mass is 16.5. The van der Waals surface area contributed by atoms with Crippen molar-refractivity contribution in [2.45, 2.75) is 79.4 Å². The van der Waals surface area contributed by atoms with Crippen LogP contribution in [0.3, 0.4) is 0 Å². The molecule has 0 spiro atoms. The molecule has 0 amide bonds. The predicted octanol–water partition coefficient (Wildman–Crippen LogP) is 3.50. The van der Waals surface area contributed by atoms with Crippen LogP contribution in [0.4, 0.5) is 0 Å². The van der Waals surface area contributed by atoms with E-state index in [1.165, 1.54) is 38.9 Å². The van der Waals surface area contributed by atoms with Crippen molar-refractivity contribution < 1.29 is 4.74 Å². The van der Waals surface area contributed by atoms with Crippen LogP contribution < -0.4 is 10.6 Å². The van der Waals surface area contributed by atoms with Gasteiger partial charge in [0.2, 0.25) is 0 Å². The van der Waals surface area contributed by atoms with Crippen LogP contribution in [0.15, 0.2) is 4.99 Å². The maximum atomic E-state index is 6.13. The summed E-state index contributed by atoms with van der Waals surface area (Å²) in [5.41, 5.74) is 0.176. The van der Waals surface area contributed by atoms with Crippen LogP contribution in [0, 0.1) is 17.3 Å². The summed E-state index contributed by atoms with van der Waals surface area (Å²) in [7, 11) is 0. The number of ether oxygens (including phenoxy) is 1. The molecule has 0 aromatic carbocycles. The van der Waals surface area contributed by atoms with Gasteiger partial charge in [0, 0.05) is 51.3 Å². The second-order valence-electron chi connectivity index (χ2n) is 9.89. The van der Waals surface area contributed by atoms with Gasteiger partial charge in [-0.2, -0.15) is 0 Å². The standard InChI is InChI=1S/C22H44N4O/c1-7-23-21(25-19-10-12-26(13-11-19)16-17(2)3)24-15-18-9-8-14-27-20(18)22(4,5)6/h17-20H,7-16H2,1-6H3,(H2,23,24,25). The van der Waals surface area contributed by atoms with E-state index in [1.54, 1.807) is 0 Å². The van der Waals surface area contributed by atoms with E-state index < -0.39 is 0 Å². The van der Waals surface area contributed by atoms with Gasteiger partial charge < -0.3 is 20.3 Å². The molecule has 2 fully saturated rings. The lowest BCUT2D eigenvalue weighted by molar-refractivity contribution is -0.0823. The molecule has 0 bridgehead atoms. The van der Waals surface area contributed by atoms with Crippen LogP contribution >= 0.6 is 0 Å². The molecule has 2 atom stereocenters. The first-order valence-corrected chi connectivity index (χ1v) is 11.2. The Balaban J connectivity index is 1.88. The molecular weight excluding hydrogens is 336 g/mol. The topological polar surface area (TPSA) is 48.9 Å². The molecule has 2 aliphatic heterocycles. The highest BCUT2D eigenvalue weighted by Crippen LogP contribution is 2.34. The fourth-order valence-corrected chi connectivity index (χ4v) is 4.49. The first kappa shape index (κ1) is 22.5. The molecule has 2 N–H and O–H groups in total. The highest BCUT2D eigenvalue weighted by molar-refractivity contribution is 5.80. The summed E-state index contributed by atoms with van der Waals surface area (Å²) in [5, 5.41) is 7.15. The van der Waals surface area contributed by atoms with Crippen molar-refractivity contribution >= 4 is 5.96 Å². The summed E-state index contributed by atoms with van der Waals surface area (Å²) in [5.74, 6) is 2.25. The third-order valence-corrected chi connectivity index (χ3v) is 5.68. The third-order valence-electron chi connectivity index (χ3n) is 5.68. The molecule has 2 heterocycles. The van der Waals surface area contributed by atoms with Crippen molar-refractivity contribution in [3.8, 4) is 0 Å². The largest absolute Gasteiger partial charge is 0.377 e. The monoisotopic (exact) mass is 380 g/mol. The number of rotatable bonds is 6. The van der Waals surface area contributed by atoms with E-state index in [4.69, 9.17) is 9.73 Å². The average Bonchev–Trinajstić information content (AvgIpc) is 2.60. The molecule has 5 heteroatoms. The van der Waals surface area contributed by atoms with Crippen molar-refractivity contribution in [1.82, 2.24) is 15.5 Å². The number of hydrogen-bond acceptors (Lipinski definition) is 3. The Morgan fingerprint density at radius 1 is 1.19 bits per heavy atom. The number of likely N-dealkylation sites (tertiary alicyclic amines) is 1. The van der Waals surface area contributed by atoms with Gasteiger partial charge in [0.05, 0.1) is 6.10 Å². The second kappa shape index (κ2) is 10.7. The summed E-state index contributed by atoms with van der Waals surface area (Å²) in [4.78, 5) is 7.56. The third kappa shape index (κ3) is 7.61. The lowest BCUT2D eigenvalue weighted by Crippen LogP contribution is -2.49. The molecule has 2 aliphatic rings. The predicted molar refractivity (Wildman–Crippen MR) is 115 cm³/mol. The number of aliphatic imine (C=N–C) groups is 1. The maximum Gasteiger partial charge on any atom is 0.191 e. The molecule has 2 rings (SSSR count). The van der Waals surface area contributed by atoms with Crippen LogP contribution in [0.2, 0.25) is 0 Å². The summed E-state index contributed by atoms with van der Waals surface area (Å²) in [6.45, 7) is 19.9. The van der Waals surface area contributed by atoms with Gasteiger partial charge in [0.15, 0.2) is 5.96 Å². The van der Waals surface area contributed by atoms with Gasteiger partial charge in [0.1, 0.15) is 0 Å². The Kier molecular flexibility index (Phi) is 8.87. The normalized spacial score (nSPS) is 26.4. The molecule has 0 aromatic rings. The van der Waals surface area contributed by atoms with E-state index in [1.807, 2.05) is 0 Å². The number of nitrogens with zero attached hydrogens (tertiary/aromatic N) is 2. The highest BCUT2D eigenvalue weighted by Gasteiger charge is 2.35. The Hall–Kier alpha value is -0.810. The summed E-state index contributed by atoms with van der Waals surface area (Å²) in [6.07, 6.45) is 5.09. The van der Waals surface area contributed by atoms with E-state index in [-0.39, 0.29) is 5.41 Å². The lowest BCUT2D eigenvalue weighted by atomic mass is 9.78.